The summed E-state index contributed by atoms with van der Waals surface area (Å²) in [5.41, 5.74) is 1.02. The van der Waals surface area contributed by atoms with E-state index in [4.69, 9.17) is 4.74 Å². The first-order valence-corrected chi connectivity index (χ1v) is 11.0. The molecule has 8 heteroatoms. The Morgan fingerprint density at radius 1 is 1.15 bits per heavy atom. The average molecular weight is 465 g/mol. The van der Waals surface area contributed by atoms with Crippen molar-refractivity contribution >= 4 is 11.7 Å². The van der Waals surface area contributed by atoms with Gasteiger partial charge in [0, 0.05) is 36.1 Å². The Morgan fingerprint density at radius 3 is 2.18 bits per heavy atom. The summed E-state index contributed by atoms with van der Waals surface area (Å²) in [5.74, 6) is -5.39. The van der Waals surface area contributed by atoms with Crippen LogP contribution in [0.25, 0.3) is 11.1 Å². The molecule has 0 amide bonds. The number of ether oxygens (including phenoxy) is 1. The fraction of sp³-hybridized carbons (Fsp3) is 0.520. The van der Waals surface area contributed by atoms with Crippen LogP contribution in [-0.2, 0) is 9.53 Å². The fourth-order valence-electron chi connectivity index (χ4n) is 4.11. The summed E-state index contributed by atoms with van der Waals surface area (Å²) >= 11 is 0. The van der Waals surface area contributed by atoms with E-state index in [2.05, 4.69) is 18.8 Å². The summed E-state index contributed by atoms with van der Waals surface area (Å²) in [5, 5.41) is 10.1. The summed E-state index contributed by atoms with van der Waals surface area (Å²) in [6, 6.07) is 1.82. The number of nitrogens with zero attached hydrogens (tertiary/aromatic N) is 2. The zero-order chi connectivity index (χ0) is 24.7. The van der Waals surface area contributed by atoms with Gasteiger partial charge in [-0.3, -0.25) is 4.98 Å². The van der Waals surface area contributed by atoms with Gasteiger partial charge in [-0.15, -0.1) is 0 Å². The number of rotatable bonds is 5. The molecule has 0 spiro atoms. The van der Waals surface area contributed by atoms with Gasteiger partial charge in [-0.25, -0.2) is 18.0 Å². The third-order valence-electron chi connectivity index (χ3n) is 5.97. The molecule has 1 atom stereocenters. The summed E-state index contributed by atoms with van der Waals surface area (Å²) < 4.78 is 47.8. The minimum Gasteiger partial charge on any atom is -0.479 e. The molecule has 1 N–H and O–H groups in total. The molecule has 33 heavy (non-hydrogen) atoms. The topological polar surface area (TPSA) is 62.7 Å². The molecule has 1 aromatic carbocycles. The number of halogens is 3. The van der Waals surface area contributed by atoms with Crippen LogP contribution in [0.4, 0.5) is 18.9 Å². The number of aryl methyl sites for hydroxylation is 1. The molecular formula is C25H31F3N2O3. The highest BCUT2D eigenvalue weighted by Crippen LogP contribution is 2.43. The van der Waals surface area contributed by atoms with Gasteiger partial charge in [-0.2, -0.15) is 0 Å². The number of piperidine rings is 1. The van der Waals surface area contributed by atoms with Crippen LogP contribution in [0.5, 0.6) is 0 Å². The molecule has 2 aromatic rings. The number of hydrogen-bond acceptors (Lipinski definition) is 4. The number of carboxylic acid groups (broad SMARTS) is 1. The lowest BCUT2D eigenvalue weighted by molar-refractivity contribution is -0.160. The lowest BCUT2D eigenvalue weighted by Crippen LogP contribution is -2.39. The molecule has 180 valence electrons. The predicted octanol–water partition coefficient (Wildman–Crippen LogP) is 6.04. The Bertz CT molecular complexity index is 1030. The molecule has 5 nitrogen and oxygen atoms in total. The summed E-state index contributed by atoms with van der Waals surface area (Å²) in [6.07, 6.45) is 1.79. The van der Waals surface area contributed by atoms with Crippen LogP contribution in [0.1, 0.15) is 64.8 Å². The van der Waals surface area contributed by atoms with E-state index in [1.165, 1.54) is 6.20 Å². The number of aliphatic carboxylic acids is 1. The maximum atomic E-state index is 14.1. The van der Waals surface area contributed by atoms with Crippen LogP contribution in [-0.4, -0.2) is 34.8 Å². The summed E-state index contributed by atoms with van der Waals surface area (Å²) in [7, 11) is 0. The highest BCUT2D eigenvalue weighted by Gasteiger charge is 2.36. The maximum Gasteiger partial charge on any atom is 0.337 e. The van der Waals surface area contributed by atoms with Crippen molar-refractivity contribution in [3.8, 4) is 11.1 Å². The number of benzene rings is 1. The molecule has 3 rings (SSSR count). The number of anilines is 1. The van der Waals surface area contributed by atoms with Crippen LogP contribution >= 0.6 is 0 Å². The number of hydrogen-bond donors (Lipinski definition) is 1. The van der Waals surface area contributed by atoms with E-state index in [0.29, 0.717) is 35.6 Å². The van der Waals surface area contributed by atoms with Crippen LogP contribution in [0.15, 0.2) is 18.3 Å². The highest BCUT2D eigenvalue weighted by molar-refractivity contribution is 5.86. The molecule has 1 saturated heterocycles. The average Bonchev–Trinajstić information content (AvgIpc) is 2.69. The number of carbonyl (C=O) groups is 1. The van der Waals surface area contributed by atoms with Gasteiger partial charge in [-0.05, 0) is 63.6 Å². The molecule has 1 aliphatic heterocycles. The Kier molecular flexibility index (Phi) is 6.80. The van der Waals surface area contributed by atoms with Gasteiger partial charge in [0.05, 0.1) is 11.3 Å². The Hall–Kier alpha value is -2.61. The predicted molar refractivity (Wildman–Crippen MR) is 121 cm³/mol. The molecule has 1 aliphatic rings. The van der Waals surface area contributed by atoms with Gasteiger partial charge in [0.25, 0.3) is 0 Å². The Balaban J connectivity index is 2.28. The van der Waals surface area contributed by atoms with Crippen molar-refractivity contribution < 1.29 is 27.8 Å². The third kappa shape index (κ3) is 5.49. The number of carboxylic acids is 1. The first-order valence-electron chi connectivity index (χ1n) is 11.0. The van der Waals surface area contributed by atoms with E-state index in [0.717, 1.165) is 25.0 Å². The SMILES string of the molecule is Cc1ncc(-c2cc(F)c(F)c(F)c2)c(N2CCC(C)(C)CC2)c1[C@H](OC(C)(C)C)C(=O)O. The quantitative estimate of drug-likeness (QED) is 0.547. The van der Waals surface area contributed by atoms with Crippen molar-refractivity contribution in [2.24, 2.45) is 5.41 Å². The van der Waals surface area contributed by atoms with Gasteiger partial charge >= 0.3 is 5.97 Å². The second kappa shape index (κ2) is 8.97. The van der Waals surface area contributed by atoms with E-state index in [1.54, 1.807) is 27.7 Å². The summed E-state index contributed by atoms with van der Waals surface area (Å²) in [4.78, 5) is 18.7. The van der Waals surface area contributed by atoms with Gasteiger partial charge in [0.15, 0.2) is 23.6 Å². The molecule has 0 bridgehead atoms. The van der Waals surface area contributed by atoms with Crippen molar-refractivity contribution in [2.75, 3.05) is 18.0 Å². The summed E-state index contributed by atoms with van der Waals surface area (Å²) in [6.45, 7) is 12.5. The lowest BCUT2D eigenvalue weighted by Gasteiger charge is -2.41. The van der Waals surface area contributed by atoms with Gasteiger partial charge in [0.2, 0.25) is 0 Å². The second-order valence-corrected chi connectivity index (χ2v) is 10.4. The first kappa shape index (κ1) is 25.0. The van der Waals surface area contributed by atoms with E-state index in [-0.39, 0.29) is 11.0 Å². The standard InChI is InChI=1S/C25H31F3N2O3/c1-14-19(22(23(31)32)33-24(2,3)4)21(30-9-7-25(5,6)8-10-30)16(13-29-14)15-11-17(26)20(28)18(27)12-15/h11-13,22H,7-10H2,1-6H3,(H,31,32)/t22-/m0/s1. The zero-order valence-corrected chi connectivity index (χ0v) is 19.9. The molecule has 1 fully saturated rings. The van der Waals surface area contributed by atoms with Crippen molar-refractivity contribution in [1.82, 2.24) is 4.98 Å². The van der Waals surface area contributed by atoms with E-state index in [1.807, 2.05) is 4.90 Å². The van der Waals surface area contributed by atoms with Crippen molar-refractivity contribution in [1.29, 1.82) is 0 Å². The molecule has 1 aromatic heterocycles. The Morgan fingerprint density at radius 2 is 1.70 bits per heavy atom. The van der Waals surface area contributed by atoms with E-state index >= 15 is 0 Å². The normalized spacial score (nSPS) is 17.2. The monoisotopic (exact) mass is 464 g/mol. The van der Waals surface area contributed by atoms with Gasteiger partial charge in [-0.1, -0.05) is 13.8 Å². The molecule has 2 heterocycles. The zero-order valence-electron chi connectivity index (χ0n) is 19.9. The van der Waals surface area contributed by atoms with Crippen LogP contribution in [0.2, 0.25) is 0 Å². The minimum atomic E-state index is -1.56. The van der Waals surface area contributed by atoms with Gasteiger partial charge in [0.1, 0.15) is 0 Å². The fourth-order valence-corrected chi connectivity index (χ4v) is 4.11. The van der Waals surface area contributed by atoms with Crippen molar-refractivity contribution in [3.05, 3.63) is 47.0 Å². The van der Waals surface area contributed by atoms with Crippen molar-refractivity contribution in [3.63, 3.8) is 0 Å². The first-order chi connectivity index (χ1) is 15.2. The van der Waals surface area contributed by atoms with E-state index in [9.17, 15) is 23.1 Å². The van der Waals surface area contributed by atoms with Crippen LogP contribution in [0.3, 0.4) is 0 Å². The number of pyridine rings is 1. The largest absolute Gasteiger partial charge is 0.479 e. The number of aromatic nitrogens is 1. The molecule has 0 saturated carbocycles. The minimum absolute atomic E-state index is 0.0832. The molecule has 0 unspecified atom stereocenters. The smallest absolute Gasteiger partial charge is 0.337 e. The molecular weight excluding hydrogens is 433 g/mol. The van der Waals surface area contributed by atoms with Crippen molar-refractivity contribution in [2.45, 2.75) is 66.1 Å². The van der Waals surface area contributed by atoms with Crippen LogP contribution in [0, 0.1) is 29.8 Å². The highest BCUT2D eigenvalue weighted by atomic mass is 19.2. The lowest BCUT2D eigenvalue weighted by atomic mass is 9.82. The molecule has 0 aliphatic carbocycles. The third-order valence-corrected chi connectivity index (χ3v) is 5.97. The second-order valence-electron chi connectivity index (χ2n) is 10.4. The van der Waals surface area contributed by atoms with Crippen LogP contribution < -0.4 is 4.90 Å². The maximum absolute atomic E-state index is 14.1. The Labute approximate surface area is 192 Å². The molecule has 0 radical (unpaired) electrons. The van der Waals surface area contributed by atoms with E-state index < -0.39 is 35.1 Å². The van der Waals surface area contributed by atoms with Gasteiger partial charge < -0.3 is 14.7 Å².